The number of rotatable bonds is 5. The van der Waals surface area contributed by atoms with Gasteiger partial charge in [0.2, 0.25) is 0 Å². The average molecular weight is 348 g/mol. The van der Waals surface area contributed by atoms with Crippen molar-refractivity contribution in [2.45, 2.75) is 0 Å². The van der Waals surface area contributed by atoms with Gasteiger partial charge < -0.3 is 15.6 Å². The maximum atomic E-state index is 11.4. The van der Waals surface area contributed by atoms with Crippen LogP contribution in [-0.2, 0) is 4.52 Å². The SMILES string of the molecule is [B]P(I)OC(=O)c1ccc(NCCN)cc1. The highest BCUT2D eigenvalue weighted by Crippen LogP contribution is 2.41. The van der Waals surface area contributed by atoms with E-state index in [1.165, 1.54) is 0 Å². The summed E-state index contributed by atoms with van der Waals surface area (Å²) in [6, 6.07) is 6.99. The Labute approximate surface area is 110 Å². The van der Waals surface area contributed by atoms with Crippen LogP contribution in [0.1, 0.15) is 10.4 Å². The number of hydrogen-bond donors (Lipinski definition) is 2. The molecule has 0 bridgehead atoms. The van der Waals surface area contributed by atoms with Gasteiger partial charge in [-0.05, 0) is 46.3 Å². The second-order valence-corrected chi connectivity index (χ2v) is 6.52. The van der Waals surface area contributed by atoms with Crippen LogP contribution in [0.25, 0.3) is 0 Å². The Morgan fingerprint density at radius 1 is 1.50 bits per heavy atom. The summed E-state index contributed by atoms with van der Waals surface area (Å²) in [6.45, 7) is 1.27. The molecule has 0 saturated heterocycles. The van der Waals surface area contributed by atoms with E-state index in [4.69, 9.17) is 17.8 Å². The number of carbonyl (C=O) groups is 1. The number of hydrogen-bond acceptors (Lipinski definition) is 4. The van der Waals surface area contributed by atoms with Gasteiger partial charge in [-0.2, -0.15) is 0 Å². The van der Waals surface area contributed by atoms with Crippen LogP contribution in [0.3, 0.4) is 0 Å². The molecule has 0 heterocycles. The summed E-state index contributed by atoms with van der Waals surface area (Å²) in [7, 11) is 5.41. The van der Waals surface area contributed by atoms with Crippen molar-refractivity contribution >= 4 is 46.9 Å². The topological polar surface area (TPSA) is 64.3 Å². The van der Waals surface area contributed by atoms with Gasteiger partial charge in [-0.25, -0.2) is 4.79 Å². The largest absolute Gasteiger partial charge is 0.443 e. The number of halogens is 1. The van der Waals surface area contributed by atoms with Gasteiger partial charge in [0.15, 0.2) is 7.57 Å². The summed E-state index contributed by atoms with van der Waals surface area (Å²) >= 11 is 1.88. The van der Waals surface area contributed by atoms with Crippen LogP contribution in [-0.4, -0.2) is 26.6 Å². The summed E-state index contributed by atoms with van der Waals surface area (Å²) in [6.07, 6.45) is 0. The lowest BCUT2D eigenvalue weighted by Crippen LogP contribution is -2.13. The van der Waals surface area contributed by atoms with Gasteiger partial charge in [-0.15, -0.1) is 0 Å². The number of nitrogens with one attached hydrogen (secondary N) is 1. The third kappa shape index (κ3) is 4.68. The molecule has 1 unspecified atom stereocenters. The highest BCUT2D eigenvalue weighted by atomic mass is 127. The van der Waals surface area contributed by atoms with Gasteiger partial charge in [0.25, 0.3) is 0 Å². The Hall–Kier alpha value is -0.325. The number of nitrogens with two attached hydrogens (primary N) is 1. The lowest BCUT2D eigenvalue weighted by molar-refractivity contribution is 0.0763. The summed E-state index contributed by atoms with van der Waals surface area (Å²) in [5.41, 5.74) is 5.58. The van der Waals surface area contributed by atoms with Crippen molar-refractivity contribution in [3.8, 4) is 0 Å². The zero-order valence-electron chi connectivity index (χ0n) is 8.52. The molecule has 0 aromatic heterocycles. The molecule has 0 fully saturated rings. The minimum absolute atomic E-state index is 0.395. The van der Waals surface area contributed by atoms with Crippen molar-refractivity contribution in [2.24, 2.45) is 5.73 Å². The number of benzene rings is 1. The molecule has 0 amide bonds. The first-order valence-electron chi connectivity index (χ1n) is 4.60. The molecule has 84 valence electrons. The third-order valence-electron chi connectivity index (χ3n) is 1.76. The molecule has 7 heteroatoms. The lowest BCUT2D eigenvalue weighted by atomic mass is 10.2. The first-order valence-corrected chi connectivity index (χ1v) is 8.72. The van der Waals surface area contributed by atoms with Crippen LogP contribution in [0.2, 0.25) is 0 Å². The fourth-order valence-electron chi connectivity index (χ4n) is 1.07. The van der Waals surface area contributed by atoms with E-state index in [-0.39, 0.29) is 0 Å². The van der Waals surface area contributed by atoms with Crippen molar-refractivity contribution < 1.29 is 9.32 Å². The van der Waals surface area contributed by atoms with Crippen molar-refractivity contribution in [3.05, 3.63) is 29.8 Å². The van der Waals surface area contributed by atoms with Gasteiger partial charge >= 0.3 is 5.97 Å². The summed E-state index contributed by atoms with van der Waals surface area (Å²) in [4.78, 5) is 11.4. The molecular weight excluding hydrogens is 337 g/mol. The van der Waals surface area contributed by atoms with E-state index in [0.717, 1.165) is 5.69 Å². The van der Waals surface area contributed by atoms with Crippen LogP contribution in [0.5, 0.6) is 0 Å². The average Bonchev–Trinajstić information content (AvgIpc) is 2.26. The molecule has 4 nitrogen and oxygen atoms in total. The molecule has 3 N–H and O–H groups in total. The Kier molecular flexibility index (Phi) is 6.09. The van der Waals surface area contributed by atoms with E-state index in [2.05, 4.69) is 5.32 Å². The number of anilines is 1. The molecule has 16 heavy (non-hydrogen) atoms. The van der Waals surface area contributed by atoms with Gasteiger partial charge in [0, 0.05) is 18.8 Å². The monoisotopic (exact) mass is 348 g/mol. The first-order chi connectivity index (χ1) is 7.63. The molecule has 1 atom stereocenters. The van der Waals surface area contributed by atoms with Crippen LogP contribution < -0.4 is 11.1 Å². The van der Waals surface area contributed by atoms with Crippen LogP contribution in [0, 0.1) is 0 Å². The molecule has 0 aliphatic heterocycles. The molecule has 1 rings (SSSR count). The Bertz CT molecular complexity index is 348. The minimum Gasteiger partial charge on any atom is -0.443 e. The molecule has 0 aliphatic rings. The van der Waals surface area contributed by atoms with Gasteiger partial charge in [0.05, 0.1) is 11.2 Å². The van der Waals surface area contributed by atoms with E-state index in [1.807, 2.05) is 22.0 Å². The summed E-state index contributed by atoms with van der Waals surface area (Å²) < 4.78 is 4.91. The Morgan fingerprint density at radius 3 is 2.62 bits per heavy atom. The lowest BCUT2D eigenvalue weighted by Gasteiger charge is -2.08. The Morgan fingerprint density at radius 2 is 2.12 bits per heavy atom. The van der Waals surface area contributed by atoms with E-state index in [1.54, 1.807) is 24.3 Å². The molecular formula is C9H11BIN2O2P. The number of carbonyl (C=O) groups excluding carboxylic acids is 1. The summed E-state index contributed by atoms with van der Waals surface area (Å²) in [5.74, 6) is -0.395. The Balaban J connectivity index is 2.60. The van der Waals surface area contributed by atoms with Crippen molar-refractivity contribution in [2.75, 3.05) is 18.4 Å². The second kappa shape index (κ2) is 7.09. The second-order valence-electron chi connectivity index (χ2n) is 2.94. The molecule has 0 saturated carbocycles. The first kappa shape index (κ1) is 13.7. The fraction of sp³-hybridized carbons (Fsp3) is 0.222. The maximum absolute atomic E-state index is 11.4. The van der Waals surface area contributed by atoms with E-state index in [9.17, 15) is 4.79 Å². The van der Waals surface area contributed by atoms with Crippen molar-refractivity contribution in [3.63, 3.8) is 0 Å². The van der Waals surface area contributed by atoms with E-state index >= 15 is 0 Å². The molecule has 1 aromatic rings. The smallest absolute Gasteiger partial charge is 0.340 e. The zero-order valence-corrected chi connectivity index (χ0v) is 11.6. The van der Waals surface area contributed by atoms with E-state index < -0.39 is 11.6 Å². The van der Waals surface area contributed by atoms with Crippen molar-refractivity contribution in [1.29, 1.82) is 0 Å². The van der Waals surface area contributed by atoms with Crippen LogP contribution in [0.15, 0.2) is 24.3 Å². The zero-order chi connectivity index (χ0) is 12.0. The normalized spacial score (nSPS) is 11.9. The van der Waals surface area contributed by atoms with Gasteiger partial charge in [-0.1, -0.05) is 0 Å². The maximum Gasteiger partial charge on any atom is 0.340 e. The molecule has 2 radical (unpaired) electrons. The minimum atomic E-state index is -1.19. The van der Waals surface area contributed by atoms with Crippen molar-refractivity contribution in [1.82, 2.24) is 0 Å². The molecule has 0 spiro atoms. The highest BCUT2D eigenvalue weighted by molar-refractivity contribution is 14.2. The third-order valence-corrected chi connectivity index (χ3v) is 2.70. The van der Waals surface area contributed by atoms with Crippen LogP contribution in [0.4, 0.5) is 5.69 Å². The molecule has 1 aromatic carbocycles. The highest BCUT2D eigenvalue weighted by Gasteiger charge is 2.09. The summed E-state index contributed by atoms with van der Waals surface area (Å²) in [5, 5.41) is 3.10. The predicted molar refractivity (Wildman–Crippen MR) is 76.1 cm³/mol. The fourth-order valence-corrected chi connectivity index (χ4v) is 1.87. The predicted octanol–water partition coefficient (Wildman–Crippen LogP) is 2.04. The van der Waals surface area contributed by atoms with E-state index in [0.29, 0.717) is 18.7 Å². The standard InChI is InChI=1S/C9H11BIN2O2P/c10-16(11)15-9(14)7-1-3-8(4-2-7)13-6-5-12/h1-4,13H,5-6,12H2. The van der Waals surface area contributed by atoms with Crippen LogP contribution >= 0.6 is 27.7 Å². The van der Waals surface area contributed by atoms with Gasteiger partial charge in [0.1, 0.15) is 0 Å². The quantitative estimate of drug-likeness (QED) is 0.486. The molecule has 0 aliphatic carbocycles. The van der Waals surface area contributed by atoms with Gasteiger partial charge in [-0.3, -0.25) is 0 Å².